The molecule has 1 N–H and O–H groups in total. The van der Waals surface area contributed by atoms with Gasteiger partial charge in [0.15, 0.2) is 5.78 Å². The Morgan fingerprint density at radius 3 is 2.89 bits per heavy atom. The highest BCUT2D eigenvalue weighted by atomic mass is 32.1. The standard InChI is InChI=1S/C14H15NO3S/c1-14(2)6-8(16)11-9(7-14)18-13(15-17)12(11)10-4-3-5-19-10/h3-5,12,17H,6-7H2,1-2H3/b15-13+. The fraction of sp³-hybridized carbons (Fsp3) is 0.429. The first-order valence-corrected chi connectivity index (χ1v) is 7.09. The van der Waals surface area contributed by atoms with Gasteiger partial charge in [-0.15, -0.1) is 11.3 Å². The van der Waals surface area contributed by atoms with Gasteiger partial charge in [0, 0.05) is 17.7 Å². The van der Waals surface area contributed by atoms with Gasteiger partial charge < -0.3 is 9.94 Å². The van der Waals surface area contributed by atoms with E-state index < -0.39 is 0 Å². The van der Waals surface area contributed by atoms with Gasteiger partial charge in [0.2, 0.25) is 5.90 Å². The maximum atomic E-state index is 12.4. The van der Waals surface area contributed by atoms with Crippen molar-refractivity contribution in [1.29, 1.82) is 0 Å². The normalized spacial score (nSPS) is 27.6. The van der Waals surface area contributed by atoms with Crippen LogP contribution in [0.15, 0.2) is 34.0 Å². The monoisotopic (exact) mass is 277 g/mol. The van der Waals surface area contributed by atoms with E-state index in [1.807, 2.05) is 31.4 Å². The highest BCUT2D eigenvalue weighted by molar-refractivity contribution is 7.10. The lowest BCUT2D eigenvalue weighted by Gasteiger charge is -2.28. The summed E-state index contributed by atoms with van der Waals surface area (Å²) in [5.74, 6) is 0.665. The van der Waals surface area contributed by atoms with Crippen LogP contribution in [0.5, 0.6) is 0 Å². The zero-order chi connectivity index (χ0) is 13.6. The Kier molecular flexibility index (Phi) is 2.74. The summed E-state index contributed by atoms with van der Waals surface area (Å²) in [4.78, 5) is 13.4. The van der Waals surface area contributed by atoms with E-state index in [1.54, 1.807) is 0 Å². The summed E-state index contributed by atoms with van der Waals surface area (Å²) in [6.07, 6.45) is 1.21. The molecule has 19 heavy (non-hydrogen) atoms. The maximum Gasteiger partial charge on any atom is 0.243 e. The van der Waals surface area contributed by atoms with Gasteiger partial charge in [-0.1, -0.05) is 25.1 Å². The molecule has 0 radical (unpaired) electrons. The van der Waals surface area contributed by atoms with E-state index in [1.165, 1.54) is 11.3 Å². The number of thiophene rings is 1. The van der Waals surface area contributed by atoms with Crippen LogP contribution in [0.3, 0.4) is 0 Å². The van der Waals surface area contributed by atoms with E-state index in [0.29, 0.717) is 24.2 Å². The van der Waals surface area contributed by atoms with Crippen LogP contribution in [0.25, 0.3) is 0 Å². The molecule has 3 rings (SSSR count). The van der Waals surface area contributed by atoms with Crippen molar-refractivity contribution < 1.29 is 14.7 Å². The first-order valence-electron chi connectivity index (χ1n) is 6.21. The number of allylic oxidation sites excluding steroid dienone is 1. The van der Waals surface area contributed by atoms with Crippen molar-refractivity contribution in [2.45, 2.75) is 32.6 Å². The van der Waals surface area contributed by atoms with Crippen molar-refractivity contribution in [3.63, 3.8) is 0 Å². The molecule has 0 bridgehead atoms. The second kappa shape index (κ2) is 4.20. The van der Waals surface area contributed by atoms with Crippen LogP contribution in [0.2, 0.25) is 0 Å². The summed E-state index contributed by atoms with van der Waals surface area (Å²) in [6, 6.07) is 3.86. The molecule has 2 heterocycles. The smallest absolute Gasteiger partial charge is 0.243 e. The van der Waals surface area contributed by atoms with Crippen LogP contribution in [0.1, 0.15) is 37.5 Å². The highest BCUT2D eigenvalue weighted by Gasteiger charge is 2.45. The lowest BCUT2D eigenvalue weighted by molar-refractivity contribution is -0.118. The second-order valence-electron chi connectivity index (χ2n) is 5.77. The van der Waals surface area contributed by atoms with Gasteiger partial charge >= 0.3 is 0 Å². The lowest BCUT2D eigenvalue weighted by atomic mass is 9.74. The van der Waals surface area contributed by atoms with Gasteiger partial charge in [-0.05, 0) is 16.9 Å². The molecule has 1 aliphatic carbocycles. The van der Waals surface area contributed by atoms with E-state index >= 15 is 0 Å². The number of rotatable bonds is 1. The van der Waals surface area contributed by atoms with Crippen molar-refractivity contribution in [2.24, 2.45) is 10.6 Å². The lowest BCUT2D eigenvalue weighted by Crippen LogP contribution is -2.25. The minimum atomic E-state index is -0.330. The van der Waals surface area contributed by atoms with Crippen molar-refractivity contribution in [2.75, 3.05) is 0 Å². The van der Waals surface area contributed by atoms with Crippen LogP contribution < -0.4 is 0 Å². The number of oxime groups is 1. The van der Waals surface area contributed by atoms with E-state index in [-0.39, 0.29) is 23.0 Å². The summed E-state index contributed by atoms with van der Waals surface area (Å²) < 4.78 is 5.62. The fourth-order valence-corrected chi connectivity index (χ4v) is 3.62. The van der Waals surface area contributed by atoms with E-state index in [4.69, 9.17) is 9.94 Å². The number of ether oxygens (including phenoxy) is 1. The van der Waals surface area contributed by atoms with Gasteiger partial charge in [0.1, 0.15) is 11.7 Å². The molecule has 1 aromatic heterocycles. The fourth-order valence-electron chi connectivity index (χ4n) is 2.80. The summed E-state index contributed by atoms with van der Waals surface area (Å²) in [7, 11) is 0. The predicted molar refractivity (Wildman–Crippen MR) is 72.4 cm³/mol. The number of carbonyl (C=O) groups excluding carboxylic acids is 1. The largest absolute Gasteiger partial charge is 0.443 e. The molecule has 5 heteroatoms. The Balaban J connectivity index is 2.08. The summed E-state index contributed by atoms with van der Waals surface area (Å²) in [6.45, 7) is 4.10. The Hall–Kier alpha value is -1.62. The number of Topliss-reactive ketones (excluding diaryl/α,β-unsaturated/α-hetero) is 1. The minimum Gasteiger partial charge on any atom is -0.443 e. The molecule has 1 aliphatic heterocycles. The molecule has 2 aliphatic rings. The Bertz CT molecular complexity index is 584. The maximum absolute atomic E-state index is 12.4. The first-order chi connectivity index (χ1) is 9.02. The number of carbonyl (C=O) groups is 1. The van der Waals surface area contributed by atoms with Gasteiger partial charge in [-0.3, -0.25) is 4.79 Å². The first kappa shape index (κ1) is 12.4. The van der Waals surface area contributed by atoms with Crippen LogP contribution in [0, 0.1) is 5.41 Å². The molecule has 100 valence electrons. The number of nitrogens with zero attached hydrogens (tertiary/aromatic N) is 1. The van der Waals surface area contributed by atoms with E-state index in [2.05, 4.69) is 5.16 Å². The minimum absolute atomic E-state index is 0.0964. The molecule has 0 spiro atoms. The number of hydrogen-bond donors (Lipinski definition) is 1. The SMILES string of the molecule is CC1(C)CC(=O)C2=C(C1)O/C(=N/O)C2c1cccs1. The molecule has 0 saturated heterocycles. The Labute approximate surface area is 115 Å². The number of ketones is 1. The van der Waals surface area contributed by atoms with Gasteiger partial charge in [0.25, 0.3) is 0 Å². The summed E-state index contributed by atoms with van der Waals surface area (Å²) >= 11 is 1.54. The number of hydrogen-bond acceptors (Lipinski definition) is 5. The predicted octanol–water partition coefficient (Wildman–Crippen LogP) is 3.29. The van der Waals surface area contributed by atoms with Crippen LogP contribution in [0.4, 0.5) is 0 Å². The third kappa shape index (κ3) is 1.98. The molecule has 1 unspecified atom stereocenters. The van der Waals surface area contributed by atoms with Crippen molar-refractivity contribution in [3.05, 3.63) is 33.7 Å². The van der Waals surface area contributed by atoms with Crippen LogP contribution in [-0.4, -0.2) is 16.9 Å². The molecule has 1 aromatic rings. The average molecular weight is 277 g/mol. The van der Waals surface area contributed by atoms with Crippen molar-refractivity contribution in [1.82, 2.24) is 0 Å². The molecule has 1 atom stereocenters. The van der Waals surface area contributed by atoms with E-state index in [0.717, 1.165) is 4.88 Å². The van der Waals surface area contributed by atoms with Gasteiger partial charge in [-0.25, -0.2) is 0 Å². The van der Waals surface area contributed by atoms with Crippen molar-refractivity contribution >= 4 is 23.0 Å². The quantitative estimate of drug-likeness (QED) is 0.633. The topological polar surface area (TPSA) is 58.9 Å². The van der Waals surface area contributed by atoms with Crippen LogP contribution >= 0.6 is 11.3 Å². The summed E-state index contributed by atoms with van der Waals surface area (Å²) in [5, 5.41) is 14.3. The van der Waals surface area contributed by atoms with Gasteiger partial charge in [0.05, 0.1) is 5.57 Å². The van der Waals surface area contributed by atoms with Crippen molar-refractivity contribution in [3.8, 4) is 0 Å². The molecular weight excluding hydrogens is 262 g/mol. The Morgan fingerprint density at radius 2 is 2.26 bits per heavy atom. The third-order valence-corrected chi connectivity index (χ3v) is 4.51. The summed E-state index contributed by atoms with van der Waals surface area (Å²) in [5.41, 5.74) is 0.579. The van der Waals surface area contributed by atoms with Gasteiger partial charge in [-0.2, -0.15) is 0 Å². The zero-order valence-corrected chi connectivity index (χ0v) is 11.7. The molecular formula is C14H15NO3S. The van der Waals surface area contributed by atoms with E-state index in [9.17, 15) is 4.79 Å². The Morgan fingerprint density at radius 1 is 1.47 bits per heavy atom. The average Bonchev–Trinajstić information content (AvgIpc) is 2.92. The highest BCUT2D eigenvalue weighted by Crippen LogP contribution is 2.47. The molecule has 0 fully saturated rings. The molecule has 4 nitrogen and oxygen atoms in total. The second-order valence-corrected chi connectivity index (χ2v) is 6.75. The molecule has 0 saturated carbocycles. The van der Waals surface area contributed by atoms with Crippen LogP contribution in [-0.2, 0) is 9.53 Å². The molecule has 0 aromatic carbocycles. The third-order valence-electron chi connectivity index (χ3n) is 3.57. The molecule has 0 amide bonds. The zero-order valence-electron chi connectivity index (χ0n) is 10.8.